The van der Waals surface area contributed by atoms with Crippen LogP contribution in [0.5, 0.6) is 11.5 Å². The standard InChI is InChI=1S/C22H24Cl2O5/c1-22(2,3)13-29-20-18(23)9-15(10-19(20)24)28-11-14-7-5-6-8-16(14)17(12-27-4)21(25)26/h5-10,12H,11,13H2,1-4H3,(H,25,26). The molecule has 2 rings (SSSR count). The molecule has 0 saturated carbocycles. The first-order valence-electron chi connectivity index (χ1n) is 8.91. The fourth-order valence-electron chi connectivity index (χ4n) is 2.46. The lowest BCUT2D eigenvalue weighted by Crippen LogP contribution is -2.17. The smallest absolute Gasteiger partial charge is 0.339 e. The summed E-state index contributed by atoms with van der Waals surface area (Å²) >= 11 is 12.6. The molecule has 0 atom stereocenters. The van der Waals surface area contributed by atoms with Gasteiger partial charge >= 0.3 is 5.97 Å². The summed E-state index contributed by atoms with van der Waals surface area (Å²) in [6.07, 6.45) is 1.19. The first kappa shape index (κ1) is 22.9. The molecule has 0 aliphatic carbocycles. The van der Waals surface area contributed by atoms with E-state index < -0.39 is 5.97 Å². The predicted octanol–water partition coefficient (Wildman–Crippen LogP) is 6.07. The highest BCUT2D eigenvalue weighted by atomic mass is 35.5. The van der Waals surface area contributed by atoms with E-state index in [1.807, 2.05) is 20.8 Å². The molecular weight excluding hydrogens is 415 g/mol. The average molecular weight is 439 g/mol. The van der Waals surface area contributed by atoms with Crippen LogP contribution >= 0.6 is 23.2 Å². The van der Waals surface area contributed by atoms with Crippen LogP contribution in [0.3, 0.4) is 0 Å². The van der Waals surface area contributed by atoms with Crippen molar-refractivity contribution in [1.29, 1.82) is 0 Å². The van der Waals surface area contributed by atoms with Crippen LogP contribution in [0.25, 0.3) is 5.57 Å². The largest absolute Gasteiger partial charge is 0.503 e. The quantitative estimate of drug-likeness (QED) is 0.400. The predicted molar refractivity (Wildman–Crippen MR) is 115 cm³/mol. The summed E-state index contributed by atoms with van der Waals surface area (Å²) in [4.78, 5) is 11.5. The minimum absolute atomic E-state index is 0.0358. The van der Waals surface area contributed by atoms with E-state index in [9.17, 15) is 9.90 Å². The summed E-state index contributed by atoms with van der Waals surface area (Å²) in [5.74, 6) is -0.233. The van der Waals surface area contributed by atoms with Crippen molar-refractivity contribution in [3.63, 3.8) is 0 Å². The van der Waals surface area contributed by atoms with Gasteiger partial charge in [-0.05, 0) is 16.5 Å². The molecule has 2 aromatic rings. The van der Waals surface area contributed by atoms with Gasteiger partial charge in [0.05, 0.1) is 30.0 Å². The number of hydrogen-bond donors (Lipinski definition) is 1. The third-order valence-corrected chi connectivity index (χ3v) is 4.35. The third-order valence-electron chi connectivity index (χ3n) is 3.79. The van der Waals surface area contributed by atoms with Gasteiger partial charge < -0.3 is 19.3 Å². The van der Waals surface area contributed by atoms with Crippen molar-refractivity contribution in [2.45, 2.75) is 27.4 Å². The van der Waals surface area contributed by atoms with Gasteiger partial charge in [-0.25, -0.2) is 4.79 Å². The maximum atomic E-state index is 11.5. The average Bonchev–Trinajstić information content (AvgIpc) is 2.63. The summed E-state index contributed by atoms with van der Waals surface area (Å²) in [6.45, 7) is 6.73. The van der Waals surface area contributed by atoms with E-state index >= 15 is 0 Å². The molecule has 0 aromatic heterocycles. The van der Waals surface area contributed by atoms with E-state index in [2.05, 4.69) is 0 Å². The third kappa shape index (κ3) is 6.58. The van der Waals surface area contributed by atoms with Crippen molar-refractivity contribution in [3.8, 4) is 11.5 Å². The van der Waals surface area contributed by atoms with E-state index in [4.69, 9.17) is 37.4 Å². The number of carbonyl (C=O) groups is 1. The van der Waals surface area contributed by atoms with Crippen LogP contribution in [-0.4, -0.2) is 24.8 Å². The Hall–Kier alpha value is -2.37. The van der Waals surface area contributed by atoms with Crippen LogP contribution in [0.15, 0.2) is 42.7 Å². The Bertz CT molecular complexity index is 877. The molecule has 7 heteroatoms. The van der Waals surface area contributed by atoms with Gasteiger partial charge in [0.25, 0.3) is 0 Å². The van der Waals surface area contributed by atoms with Crippen molar-refractivity contribution in [1.82, 2.24) is 0 Å². The molecule has 0 fully saturated rings. The van der Waals surface area contributed by atoms with Gasteiger partial charge in [-0.3, -0.25) is 0 Å². The Balaban J connectivity index is 2.21. The van der Waals surface area contributed by atoms with E-state index in [1.165, 1.54) is 13.4 Å². The van der Waals surface area contributed by atoms with Gasteiger partial charge in [0.1, 0.15) is 17.9 Å². The Morgan fingerprint density at radius 1 is 1.10 bits per heavy atom. The van der Waals surface area contributed by atoms with Gasteiger partial charge in [-0.15, -0.1) is 0 Å². The zero-order valence-corrected chi connectivity index (χ0v) is 18.3. The van der Waals surface area contributed by atoms with Crippen LogP contribution in [0.1, 0.15) is 31.9 Å². The van der Waals surface area contributed by atoms with Crippen LogP contribution in [0, 0.1) is 5.41 Å². The Morgan fingerprint density at radius 2 is 1.72 bits per heavy atom. The van der Waals surface area contributed by atoms with Crippen LogP contribution in [0.2, 0.25) is 10.0 Å². The first-order chi connectivity index (χ1) is 13.6. The molecule has 0 radical (unpaired) electrons. The zero-order chi connectivity index (χ0) is 21.6. The summed E-state index contributed by atoms with van der Waals surface area (Å²) in [7, 11) is 1.40. The first-order valence-corrected chi connectivity index (χ1v) is 9.67. The van der Waals surface area contributed by atoms with Crippen LogP contribution in [-0.2, 0) is 16.1 Å². The maximum Gasteiger partial charge on any atom is 0.339 e. The Labute approximate surface area is 180 Å². The molecule has 0 saturated heterocycles. The monoisotopic (exact) mass is 438 g/mol. The highest BCUT2D eigenvalue weighted by Crippen LogP contribution is 2.38. The Kier molecular flexibility index (Phi) is 7.82. The fraction of sp³-hybridized carbons (Fsp3) is 0.318. The molecule has 0 unspecified atom stereocenters. The number of aliphatic carboxylic acids is 1. The van der Waals surface area contributed by atoms with Gasteiger partial charge in [0, 0.05) is 12.1 Å². The fourth-order valence-corrected chi connectivity index (χ4v) is 3.04. The van der Waals surface area contributed by atoms with Crippen LogP contribution in [0.4, 0.5) is 0 Å². The zero-order valence-electron chi connectivity index (χ0n) is 16.8. The number of carboxylic acid groups (broad SMARTS) is 1. The van der Waals surface area contributed by atoms with Crippen molar-refractivity contribution in [3.05, 3.63) is 63.8 Å². The van der Waals surface area contributed by atoms with Crippen molar-refractivity contribution in [2.24, 2.45) is 5.41 Å². The van der Waals surface area contributed by atoms with E-state index in [1.54, 1.807) is 36.4 Å². The molecule has 156 valence electrons. The summed E-state index contributed by atoms with van der Waals surface area (Å²) in [6, 6.07) is 10.3. The molecule has 0 bridgehead atoms. The molecule has 0 spiro atoms. The second kappa shape index (κ2) is 9.90. The topological polar surface area (TPSA) is 65.0 Å². The summed E-state index contributed by atoms with van der Waals surface area (Å²) in [5.41, 5.74) is 1.18. The van der Waals surface area contributed by atoms with Crippen molar-refractivity contribution >= 4 is 34.7 Å². The molecule has 0 heterocycles. The van der Waals surface area contributed by atoms with E-state index in [0.29, 0.717) is 39.3 Å². The highest BCUT2D eigenvalue weighted by Gasteiger charge is 2.17. The molecule has 2 aromatic carbocycles. The van der Waals surface area contributed by atoms with E-state index in [0.717, 1.165) is 0 Å². The normalized spacial score (nSPS) is 11.9. The number of benzene rings is 2. The molecule has 29 heavy (non-hydrogen) atoms. The van der Waals surface area contributed by atoms with Crippen molar-refractivity contribution in [2.75, 3.05) is 13.7 Å². The molecule has 0 aliphatic heterocycles. The number of methoxy groups -OCH3 is 1. The molecule has 1 N–H and O–H groups in total. The number of rotatable bonds is 8. The Morgan fingerprint density at radius 3 is 2.28 bits per heavy atom. The lowest BCUT2D eigenvalue weighted by atomic mass is 9.99. The minimum atomic E-state index is -1.09. The molecule has 0 amide bonds. The van der Waals surface area contributed by atoms with Gasteiger partial charge in [0.2, 0.25) is 0 Å². The van der Waals surface area contributed by atoms with Gasteiger partial charge in [-0.2, -0.15) is 0 Å². The van der Waals surface area contributed by atoms with Gasteiger partial charge in [0.15, 0.2) is 5.75 Å². The molecular formula is C22H24Cl2O5. The van der Waals surface area contributed by atoms with Crippen molar-refractivity contribution < 1.29 is 24.1 Å². The summed E-state index contributed by atoms with van der Waals surface area (Å²) < 4.78 is 16.5. The second-order valence-electron chi connectivity index (χ2n) is 7.58. The lowest BCUT2D eigenvalue weighted by Gasteiger charge is -2.20. The molecule has 0 aliphatic rings. The number of carboxylic acids is 1. The second-order valence-corrected chi connectivity index (χ2v) is 8.40. The summed E-state index contributed by atoms with van der Waals surface area (Å²) in [5, 5.41) is 10.1. The molecule has 5 nitrogen and oxygen atoms in total. The lowest BCUT2D eigenvalue weighted by molar-refractivity contribution is -0.130. The van der Waals surface area contributed by atoms with E-state index in [-0.39, 0.29) is 17.6 Å². The SMILES string of the molecule is COC=C(C(=O)O)c1ccccc1COc1cc(Cl)c(OCC(C)(C)C)c(Cl)c1. The minimum Gasteiger partial charge on any atom is -0.503 e. The maximum absolute atomic E-state index is 11.5. The van der Waals surface area contributed by atoms with Crippen LogP contribution < -0.4 is 9.47 Å². The highest BCUT2D eigenvalue weighted by molar-refractivity contribution is 6.37. The number of hydrogen-bond acceptors (Lipinski definition) is 4. The number of ether oxygens (including phenoxy) is 3. The number of halogens is 2. The van der Waals surface area contributed by atoms with Gasteiger partial charge in [-0.1, -0.05) is 68.2 Å².